The Balaban J connectivity index is 0.000000148. The highest BCUT2D eigenvalue weighted by molar-refractivity contribution is 7.07. The first-order valence-corrected chi connectivity index (χ1v) is 3.23. The number of thiophene rings is 1. The maximum absolute atomic E-state index is 8.94. The molecule has 9 heavy (non-hydrogen) atoms. The zero-order valence-corrected chi connectivity index (χ0v) is 5.60. The van der Waals surface area contributed by atoms with Crippen molar-refractivity contribution >= 4 is 17.7 Å². The molecule has 0 fully saturated rings. The molecule has 0 radical (unpaired) electrons. The molecule has 3 nitrogen and oxygen atoms in total. The highest BCUT2D eigenvalue weighted by atomic mass is 32.1. The molecule has 0 atom stereocenters. The molecule has 0 aliphatic rings. The molecule has 4 heteroatoms. The van der Waals surface area contributed by atoms with Gasteiger partial charge in [0.2, 0.25) is 6.41 Å². The van der Waals surface area contributed by atoms with Crippen molar-refractivity contribution in [3.63, 3.8) is 0 Å². The van der Waals surface area contributed by atoms with E-state index in [4.69, 9.17) is 4.79 Å². The lowest BCUT2D eigenvalue weighted by Gasteiger charge is -1.66. The van der Waals surface area contributed by atoms with Gasteiger partial charge in [-0.15, -0.1) is 0 Å². The molecule has 0 spiro atoms. The molecular weight excluding hydrogens is 136 g/mol. The van der Waals surface area contributed by atoms with Crippen LogP contribution in [0.3, 0.4) is 0 Å². The van der Waals surface area contributed by atoms with E-state index in [-0.39, 0.29) is 0 Å². The van der Waals surface area contributed by atoms with Gasteiger partial charge in [0.25, 0.3) is 0 Å². The molecule has 0 saturated carbocycles. The number of amides is 1. The minimum Gasteiger partial charge on any atom is -0.297 e. The molecule has 0 aliphatic heterocycles. The Kier molecular flexibility index (Phi) is 6.44. The van der Waals surface area contributed by atoms with Crippen LogP contribution in [0, 0.1) is 0 Å². The second-order valence-corrected chi connectivity index (χ2v) is 1.89. The van der Waals surface area contributed by atoms with Gasteiger partial charge in [-0.2, -0.15) is 11.3 Å². The zero-order chi connectivity index (χ0) is 6.95. The molecule has 1 aromatic rings. The Morgan fingerprint density at radius 3 is 2.00 bits per heavy atom. The van der Waals surface area contributed by atoms with Gasteiger partial charge < -0.3 is 0 Å². The molecule has 0 aromatic carbocycles. The van der Waals surface area contributed by atoms with Crippen molar-refractivity contribution in [2.75, 3.05) is 0 Å². The van der Waals surface area contributed by atoms with E-state index in [0.717, 1.165) is 0 Å². The lowest BCUT2D eigenvalue weighted by atomic mass is 10.7. The van der Waals surface area contributed by atoms with Crippen LogP contribution in [-0.4, -0.2) is 6.41 Å². The number of hydrogen-bond acceptors (Lipinski definition) is 3. The van der Waals surface area contributed by atoms with Gasteiger partial charge in [0.15, 0.2) is 0 Å². The van der Waals surface area contributed by atoms with Gasteiger partial charge in [0.1, 0.15) is 0 Å². The van der Waals surface area contributed by atoms with Gasteiger partial charge in [-0.25, -0.2) is 5.84 Å². The van der Waals surface area contributed by atoms with Crippen molar-refractivity contribution in [1.29, 1.82) is 0 Å². The molecule has 1 heterocycles. The highest BCUT2D eigenvalue weighted by Crippen LogP contribution is 1.91. The van der Waals surface area contributed by atoms with Gasteiger partial charge >= 0.3 is 0 Å². The second-order valence-electron chi connectivity index (χ2n) is 1.08. The third-order valence-electron chi connectivity index (χ3n) is 0.493. The van der Waals surface area contributed by atoms with E-state index >= 15 is 0 Å². The topological polar surface area (TPSA) is 55.1 Å². The summed E-state index contributed by atoms with van der Waals surface area (Å²) >= 11 is 1.71. The normalized spacial score (nSPS) is 6.78. The molecule has 0 unspecified atom stereocenters. The Hall–Kier alpha value is -0.870. The number of carbonyl (C=O) groups excluding carboxylic acids is 1. The van der Waals surface area contributed by atoms with Crippen LogP contribution in [0.15, 0.2) is 22.9 Å². The molecule has 1 aromatic heterocycles. The molecule has 0 bridgehead atoms. The summed E-state index contributed by atoms with van der Waals surface area (Å²) in [6, 6.07) is 4.04. The first-order valence-electron chi connectivity index (χ1n) is 2.28. The van der Waals surface area contributed by atoms with Crippen LogP contribution in [0.25, 0.3) is 0 Å². The van der Waals surface area contributed by atoms with Crippen molar-refractivity contribution in [1.82, 2.24) is 5.43 Å². The molecule has 0 aliphatic carbocycles. The number of rotatable bonds is 1. The Morgan fingerprint density at radius 2 is 1.89 bits per heavy atom. The molecule has 1 rings (SSSR count). The lowest BCUT2D eigenvalue weighted by molar-refractivity contribution is -0.109. The van der Waals surface area contributed by atoms with Crippen LogP contribution >= 0.6 is 11.3 Å². The SMILES string of the molecule is NNC=O.c1ccsc1. The van der Waals surface area contributed by atoms with Crippen LogP contribution in [0.1, 0.15) is 0 Å². The third kappa shape index (κ3) is 7.13. The van der Waals surface area contributed by atoms with E-state index < -0.39 is 0 Å². The smallest absolute Gasteiger partial charge is 0.221 e. The maximum Gasteiger partial charge on any atom is 0.221 e. The van der Waals surface area contributed by atoms with Crippen LogP contribution in [0.5, 0.6) is 0 Å². The van der Waals surface area contributed by atoms with Crippen molar-refractivity contribution in [3.05, 3.63) is 22.9 Å². The number of hydrazine groups is 1. The summed E-state index contributed by atoms with van der Waals surface area (Å²) in [6.07, 6.45) is 0.403. The monoisotopic (exact) mass is 144 g/mol. The van der Waals surface area contributed by atoms with Crippen LogP contribution < -0.4 is 11.3 Å². The number of carbonyl (C=O) groups is 1. The predicted molar refractivity (Wildman–Crippen MR) is 37.7 cm³/mol. The number of nitrogens with one attached hydrogen (secondary N) is 1. The summed E-state index contributed by atoms with van der Waals surface area (Å²) in [6.45, 7) is 0. The fourth-order valence-corrected chi connectivity index (χ4v) is 0.680. The summed E-state index contributed by atoms with van der Waals surface area (Å²) in [4.78, 5) is 8.94. The van der Waals surface area contributed by atoms with E-state index in [2.05, 4.69) is 5.84 Å². The Morgan fingerprint density at radius 1 is 1.44 bits per heavy atom. The van der Waals surface area contributed by atoms with Crippen molar-refractivity contribution in [3.8, 4) is 0 Å². The van der Waals surface area contributed by atoms with Gasteiger partial charge in [-0.1, -0.05) is 12.1 Å². The fraction of sp³-hybridized carbons (Fsp3) is 0. The average Bonchev–Trinajstić information content (AvgIpc) is 2.43. The number of nitrogens with two attached hydrogens (primary N) is 1. The largest absolute Gasteiger partial charge is 0.297 e. The van der Waals surface area contributed by atoms with Gasteiger partial charge in [0.05, 0.1) is 0 Å². The Labute approximate surface area is 57.5 Å². The van der Waals surface area contributed by atoms with E-state index in [1.807, 2.05) is 22.9 Å². The van der Waals surface area contributed by atoms with Crippen LogP contribution in [0.2, 0.25) is 0 Å². The van der Waals surface area contributed by atoms with E-state index in [0.29, 0.717) is 6.41 Å². The third-order valence-corrected chi connectivity index (χ3v) is 1.12. The summed E-state index contributed by atoms with van der Waals surface area (Å²) in [5.74, 6) is 4.41. The van der Waals surface area contributed by atoms with Gasteiger partial charge in [-0.05, 0) is 10.8 Å². The predicted octanol–water partition coefficient (Wildman–Crippen LogP) is 0.354. The van der Waals surface area contributed by atoms with E-state index in [1.165, 1.54) is 0 Å². The lowest BCUT2D eigenvalue weighted by Crippen LogP contribution is -2.18. The van der Waals surface area contributed by atoms with E-state index in [1.54, 1.807) is 16.8 Å². The summed E-state index contributed by atoms with van der Waals surface area (Å²) < 4.78 is 0. The van der Waals surface area contributed by atoms with Crippen molar-refractivity contribution in [2.24, 2.45) is 5.84 Å². The summed E-state index contributed by atoms with van der Waals surface area (Å²) in [5.41, 5.74) is 1.75. The first kappa shape index (κ1) is 8.13. The summed E-state index contributed by atoms with van der Waals surface area (Å²) in [7, 11) is 0. The number of hydrogen-bond donors (Lipinski definition) is 2. The van der Waals surface area contributed by atoms with Crippen molar-refractivity contribution < 1.29 is 4.79 Å². The zero-order valence-electron chi connectivity index (χ0n) is 4.78. The standard InChI is InChI=1S/C4H4S.CH4N2O/c1-2-4-5-3-1;2-3-1-4/h1-4H;1H,2H2,(H,3,4). The molecule has 1 amide bonds. The molecule has 50 valence electrons. The maximum atomic E-state index is 8.94. The Bertz CT molecular complexity index is 112. The molecular formula is C5H8N2OS. The quantitative estimate of drug-likeness (QED) is 0.259. The highest BCUT2D eigenvalue weighted by Gasteiger charge is 1.58. The minimum absolute atomic E-state index is 0.403. The minimum atomic E-state index is 0.403. The average molecular weight is 144 g/mol. The van der Waals surface area contributed by atoms with Gasteiger partial charge in [0, 0.05) is 0 Å². The van der Waals surface area contributed by atoms with Crippen LogP contribution in [-0.2, 0) is 4.79 Å². The van der Waals surface area contributed by atoms with Gasteiger partial charge in [-0.3, -0.25) is 10.2 Å². The van der Waals surface area contributed by atoms with Crippen molar-refractivity contribution in [2.45, 2.75) is 0 Å². The molecule has 3 N–H and O–H groups in total. The first-order chi connectivity index (χ1) is 4.41. The fourth-order valence-electron chi connectivity index (χ4n) is 0.227. The summed E-state index contributed by atoms with van der Waals surface area (Å²) in [5, 5.41) is 4.08. The van der Waals surface area contributed by atoms with E-state index in [9.17, 15) is 0 Å². The molecule has 0 saturated heterocycles. The van der Waals surface area contributed by atoms with Crippen LogP contribution in [0.4, 0.5) is 0 Å². The second kappa shape index (κ2) is 7.13.